The fourth-order valence-electron chi connectivity index (χ4n) is 10.6. The van der Waals surface area contributed by atoms with Crippen LogP contribution in [0.15, 0.2) is 81.2 Å². The highest BCUT2D eigenvalue weighted by atomic mass is 19.1. The summed E-state index contributed by atoms with van der Waals surface area (Å²) in [5.74, 6) is -0.975. The predicted octanol–water partition coefficient (Wildman–Crippen LogP) is 7.40. The van der Waals surface area contributed by atoms with Crippen molar-refractivity contribution in [1.29, 1.82) is 0 Å². The number of nitrogens with one attached hydrogen (secondary N) is 1. The Kier molecular flexibility index (Phi) is 8.62. The molecule has 64 heavy (non-hydrogen) atoms. The van der Waals surface area contributed by atoms with Gasteiger partial charge in [-0.15, -0.1) is 0 Å². The Bertz CT molecular complexity index is 3360. The van der Waals surface area contributed by atoms with Gasteiger partial charge in [0.1, 0.15) is 22.9 Å². The Balaban J connectivity index is 1.05. The number of hydrogen-bond acceptors (Lipinski definition) is 8. The van der Waals surface area contributed by atoms with Crippen LogP contribution in [0.1, 0.15) is 103 Å². The molecule has 1 amide bonds. The lowest BCUT2D eigenvalue weighted by molar-refractivity contribution is -0.0592. The van der Waals surface area contributed by atoms with Crippen LogP contribution >= 0.6 is 0 Å². The second kappa shape index (κ2) is 13.8. The van der Waals surface area contributed by atoms with Crippen molar-refractivity contribution in [2.75, 3.05) is 6.61 Å². The molecule has 5 aromatic heterocycles. The zero-order chi connectivity index (χ0) is 44.7. The predicted molar refractivity (Wildman–Crippen MR) is 232 cm³/mol. The second-order valence-corrected chi connectivity index (χ2v) is 18.5. The van der Waals surface area contributed by atoms with E-state index in [1.54, 1.807) is 59.6 Å². The molecule has 4 atom stereocenters. The van der Waals surface area contributed by atoms with Gasteiger partial charge in [0.2, 0.25) is 0 Å². The number of aromatic nitrogens is 9. The Hall–Kier alpha value is -6.88. The molecule has 4 unspecified atom stereocenters. The largest absolute Gasteiger partial charge is 0.438 e. The number of halogens is 2. The summed E-state index contributed by atoms with van der Waals surface area (Å²) in [5.41, 5.74) is 3.74. The Labute approximate surface area is 364 Å². The van der Waals surface area contributed by atoms with Gasteiger partial charge in [-0.05, 0) is 125 Å². The first-order chi connectivity index (χ1) is 30.6. The summed E-state index contributed by atoms with van der Waals surface area (Å²) in [6.45, 7) is 12.2. The number of carbonyl (C=O) groups is 1. The average Bonchev–Trinajstić information content (AvgIpc) is 3.96. The second-order valence-electron chi connectivity index (χ2n) is 18.5. The van der Waals surface area contributed by atoms with E-state index < -0.39 is 28.8 Å². The number of rotatable bonds is 7. The average molecular weight is 869 g/mol. The van der Waals surface area contributed by atoms with Crippen LogP contribution in [-0.2, 0) is 23.9 Å². The SMILES string of the molecule is Cc1cc(-n2nc3c(c2-n2ccn(-c4ccc5c(cnn5C)c4F)c2=O)C(C)N(C(=O)c2cc4cc(C5CCOC(C)(C)C5)ccc4n2C2(c4noc(=O)[nH]4)CC2C)C3)cc(C)c1F. The minimum absolute atomic E-state index is 0.00349. The Morgan fingerprint density at radius 2 is 1.67 bits per heavy atom. The number of hydrogen-bond donors (Lipinski definition) is 1. The number of aryl methyl sites for hydroxylation is 3. The fourth-order valence-corrected chi connectivity index (χ4v) is 10.6. The lowest BCUT2D eigenvalue weighted by Gasteiger charge is -2.35. The molecule has 1 saturated carbocycles. The molecule has 328 valence electrons. The third-order valence-electron chi connectivity index (χ3n) is 14.0. The first-order valence-electron chi connectivity index (χ1n) is 21.5. The van der Waals surface area contributed by atoms with Crippen LogP contribution < -0.4 is 11.4 Å². The number of imidazole rings is 1. The van der Waals surface area contributed by atoms with E-state index in [1.807, 2.05) is 17.6 Å². The maximum absolute atomic E-state index is 16.1. The summed E-state index contributed by atoms with van der Waals surface area (Å²) >= 11 is 0. The highest BCUT2D eigenvalue weighted by Gasteiger charge is 2.59. The van der Waals surface area contributed by atoms with Gasteiger partial charge in [-0.1, -0.05) is 18.1 Å². The van der Waals surface area contributed by atoms with Gasteiger partial charge in [-0.3, -0.25) is 28.1 Å². The summed E-state index contributed by atoms with van der Waals surface area (Å²) in [4.78, 5) is 46.9. The molecule has 8 aromatic rings. The lowest BCUT2D eigenvalue weighted by atomic mass is 9.83. The van der Waals surface area contributed by atoms with E-state index in [2.05, 4.69) is 54.2 Å². The van der Waals surface area contributed by atoms with Crippen LogP contribution in [0.25, 0.3) is 39.0 Å². The van der Waals surface area contributed by atoms with Crippen LogP contribution in [0.4, 0.5) is 8.78 Å². The lowest BCUT2D eigenvalue weighted by Crippen LogP contribution is -2.34. The van der Waals surface area contributed by atoms with E-state index in [-0.39, 0.29) is 46.8 Å². The minimum atomic E-state index is -0.860. The van der Waals surface area contributed by atoms with Crippen LogP contribution in [0.3, 0.4) is 0 Å². The zero-order valence-corrected chi connectivity index (χ0v) is 36.4. The standard InChI is InChI=1S/C47H46F2N10O5/c1-24-16-31(17-25(2)39(24)48)59-41(56-14-13-55(45(56)62)36-11-10-35-32(40(36)49)22-50-54(35)7)38-27(4)57(23-33(38)52-59)42(60)37-19-30-18-28(29-12-15-63-46(5,6)21-29)8-9-34(30)58(37)47(20-26(47)3)43-51-44(61)64-53-43/h8-11,13-14,16-19,22,26-27,29H,12,15,20-21,23H2,1-7H3,(H,51,53,61). The summed E-state index contributed by atoms with van der Waals surface area (Å²) in [6.07, 6.45) is 6.80. The van der Waals surface area contributed by atoms with Crippen molar-refractivity contribution in [3.05, 3.63) is 139 Å². The van der Waals surface area contributed by atoms with Crippen LogP contribution in [0.5, 0.6) is 0 Å². The maximum atomic E-state index is 16.1. The van der Waals surface area contributed by atoms with Crippen molar-refractivity contribution in [2.24, 2.45) is 13.0 Å². The number of ether oxygens (including phenoxy) is 1. The summed E-state index contributed by atoms with van der Waals surface area (Å²) in [5, 5.41) is 14.5. The minimum Gasteiger partial charge on any atom is -0.376 e. The van der Waals surface area contributed by atoms with Crippen molar-refractivity contribution in [2.45, 2.75) is 90.4 Å². The summed E-state index contributed by atoms with van der Waals surface area (Å²) < 4.78 is 50.0. The number of carbonyl (C=O) groups excluding carboxylic acids is 1. The van der Waals surface area contributed by atoms with Crippen molar-refractivity contribution >= 4 is 27.7 Å². The van der Waals surface area contributed by atoms with E-state index >= 15 is 13.6 Å². The maximum Gasteiger partial charge on any atom is 0.438 e. The van der Waals surface area contributed by atoms with E-state index in [4.69, 9.17) is 14.4 Å². The number of H-pyrrole nitrogens is 1. The van der Waals surface area contributed by atoms with Crippen molar-refractivity contribution < 1.29 is 22.8 Å². The van der Waals surface area contributed by atoms with Gasteiger partial charge in [0.05, 0.1) is 52.4 Å². The van der Waals surface area contributed by atoms with Crippen LogP contribution in [-0.4, -0.2) is 66.4 Å². The molecule has 3 aliphatic rings. The van der Waals surface area contributed by atoms with Gasteiger partial charge in [-0.25, -0.2) is 23.1 Å². The molecule has 17 heteroatoms. The highest BCUT2D eigenvalue weighted by molar-refractivity contribution is 6.00. The molecule has 2 aliphatic heterocycles. The number of benzene rings is 3. The summed E-state index contributed by atoms with van der Waals surface area (Å²) in [7, 11) is 1.72. The van der Waals surface area contributed by atoms with E-state index in [0.29, 0.717) is 64.0 Å². The van der Waals surface area contributed by atoms with Crippen molar-refractivity contribution in [3.63, 3.8) is 0 Å². The van der Waals surface area contributed by atoms with E-state index in [1.165, 1.54) is 27.6 Å². The monoisotopic (exact) mass is 868 g/mol. The summed E-state index contributed by atoms with van der Waals surface area (Å²) in [6, 6.07) is 14.2. The number of nitrogens with zero attached hydrogens (tertiary/aromatic N) is 9. The first-order valence-corrected chi connectivity index (χ1v) is 21.5. The van der Waals surface area contributed by atoms with Gasteiger partial charge < -0.3 is 14.2 Å². The molecule has 3 aromatic carbocycles. The van der Waals surface area contributed by atoms with Gasteiger partial charge in [0.15, 0.2) is 11.6 Å². The van der Waals surface area contributed by atoms with E-state index in [9.17, 15) is 9.59 Å². The molecule has 0 radical (unpaired) electrons. The quantitative estimate of drug-likeness (QED) is 0.174. The molecular weight excluding hydrogens is 823 g/mol. The van der Waals surface area contributed by atoms with Gasteiger partial charge in [0, 0.05) is 42.5 Å². The smallest absolute Gasteiger partial charge is 0.376 e. The van der Waals surface area contributed by atoms with Crippen molar-refractivity contribution in [1.82, 2.24) is 48.3 Å². The fraction of sp³-hybridized carbons (Fsp3) is 0.362. The Morgan fingerprint density at radius 3 is 2.38 bits per heavy atom. The third-order valence-corrected chi connectivity index (χ3v) is 14.0. The number of fused-ring (bicyclic) bond motifs is 3. The molecule has 0 bridgehead atoms. The van der Waals surface area contributed by atoms with Gasteiger partial charge in [0.25, 0.3) is 5.91 Å². The zero-order valence-electron chi connectivity index (χ0n) is 36.4. The molecular formula is C47H46F2N10O5. The Morgan fingerprint density at radius 1 is 0.938 bits per heavy atom. The van der Waals surface area contributed by atoms with E-state index in [0.717, 1.165) is 29.3 Å². The number of aromatic amines is 1. The molecule has 7 heterocycles. The van der Waals surface area contributed by atoms with Crippen LogP contribution in [0.2, 0.25) is 0 Å². The van der Waals surface area contributed by atoms with Crippen molar-refractivity contribution in [3.8, 4) is 17.2 Å². The van der Waals surface area contributed by atoms with Gasteiger partial charge >= 0.3 is 11.4 Å². The number of amides is 1. The first kappa shape index (κ1) is 39.9. The molecule has 1 saturated heterocycles. The van der Waals surface area contributed by atoms with Gasteiger partial charge in [-0.2, -0.15) is 10.2 Å². The molecule has 11 rings (SSSR count). The molecule has 0 spiro atoms. The van der Waals surface area contributed by atoms with Crippen LogP contribution in [0, 0.1) is 31.4 Å². The molecule has 1 N–H and O–H groups in total. The molecule has 2 fully saturated rings. The topological polar surface area (TPSA) is 156 Å². The molecule has 1 aliphatic carbocycles. The molecule has 15 nitrogen and oxygen atoms in total. The third kappa shape index (κ3) is 5.78. The normalized spacial score (nSPS) is 21.6. The highest BCUT2D eigenvalue weighted by Crippen LogP contribution is 2.56.